The molecule has 0 radical (unpaired) electrons. The average Bonchev–Trinajstić information content (AvgIpc) is 2.61. The van der Waals surface area contributed by atoms with Crippen LogP contribution in [0.1, 0.15) is 29.6 Å². The number of nitro benzene ring substituents is 1. The first-order chi connectivity index (χ1) is 12.0. The lowest BCUT2D eigenvalue weighted by atomic mass is 9.94. The molecule has 8 heteroatoms. The Morgan fingerprint density at radius 1 is 1.28 bits per heavy atom. The van der Waals surface area contributed by atoms with Gasteiger partial charge in [-0.1, -0.05) is 0 Å². The molecule has 1 heterocycles. The van der Waals surface area contributed by atoms with Crippen LogP contribution in [-0.2, 0) is 0 Å². The zero-order valence-electron chi connectivity index (χ0n) is 14.9. The molecule has 2 rings (SSSR count). The lowest BCUT2D eigenvalue weighted by Crippen LogP contribution is -2.32. The predicted octanol–water partition coefficient (Wildman–Crippen LogP) is 2.07. The number of methoxy groups -OCH3 is 2. The Balaban J connectivity index is 2.03. The standard InChI is InChI=1S/C17H25N3O5/c1-19-8-5-12(6-9-19)4-7-18-17(21)13-10-15(24-2)16(25-3)11-14(13)20(22)23/h10-12H,4-9H2,1-3H3,(H,18,21). The Morgan fingerprint density at radius 2 is 1.88 bits per heavy atom. The Morgan fingerprint density at radius 3 is 2.44 bits per heavy atom. The lowest BCUT2D eigenvalue weighted by Gasteiger charge is -2.28. The second kappa shape index (κ2) is 8.66. The Kier molecular flexibility index (Phi) is 6.58. The summed E-state index contributed by atoms with van der Waals surface area (Å²) < 4.78 is 10.2. The maximum absolute atomic E-state index is 12.4. The molecule has 138 valence electrons. The summed E-state index contributed by atoms with van der Waals surface area (Å²) in [5.41, 5.74) is -0.319. The third kappa shape index (κ3) is 4.82. The van der Waals surface area contributed by atoms with E-state index in [-0.39, 0.29) is 22.7 Å². The van der Waals surface area contributed by atoms with Gasteiger partial charge < -0.3 is 19.7 Å². The molecule has 1 amide bonds. The third-order valence-electron chi connectivity index (χ3n) is 4.62. The molecule has 0 spiro atoms. The summed E-state index contributed by atoms with van der Waals surface area (Å²) >= 11 is 0. The molecule has 0 aliphatic carbocycles. The summed E-state index contributed by atoms with van der Waals surface area (Å²) in [7, 11) is 4.92. The van der Waals surface area contributed by atoms with E-state index < -0.39 is 10.8 Å². The van der Waals surface area contributed by atoms with Gasteiger partial charge in [-0.15, -0.1) is 0 Å². The molecular weight excluding hydrogens is 326 g/mol. The van der Waals surface area contributed by atoms with Crippen molar-refractivity contribution in [2.75, 3.05) is 40.9 Å². The SMILES string of the molecule is COc1cc(C(=O)NCCC2CCN(C)CC2)c([N+](=O)[O-])cc1OC. The van der Waals surface area contributed by atoms with Crippen LogP contribution < -0.4 is 14.8 Å². The van der Waals surface area contributed by atoms with E-state index in [1.807, 2.05) is 0 Å². The van der Waals surface area contributed by atoms with Crippen molar-refractivity contribution in [3.63, 3.8) is 0 Å². The zero-order valence-corrected chi connectivity index (χ0v) is 14.9. The normalized spacial score (nSPS) is 15.6. The highest BCUT2D eigenvalue weighted by Gasteiger charge is 2.24. The number of rotatable bonds is 7. The first-order valence-electron chi connectivity index (χ1n) is 8.33. The first-order valence-corrected chi connectivity index (χ1v) is 8.33. The van der Waals surface area contributed by atoms with Gasteiger partial charge >= 0.3 is 0 Å². The van der Waals surface area contributed by atoms with Crippen LogP contribution in [-0.4, -0.2) is 56.6 Å². The molecule has 1 aliphatic heterocycles. The van der Waals surface area contributed by atoms with Gasteiger partial charge in [0.25, 0.3) is 11.6 Å². The summed E-state index contributed by atoms with van der Waals surface area (Å²) in [4.78, 5) is 25.4. The Labute approximate surface area is 147 Å². The summed E-state index contributed by atoms with van der Waals surface area (Å²) in [6.07, 6.45) is 3.10. The van der Waals surface area contributed by atoms with Gasteiger partial charge in [-0.05, 0) is 45.3 Å². The van der Waals surface area contributed by atoms with E-state index >= 15 is 0 Å². The average molecular weight is 351 g/mol. The molecule has 1 aromatic carbocycles. The molecule has 1 saturated heterocycles. The van der Waals surface area contributed by atoms with Crippen molar-refractivity contribution in [3.05, 3.63) is 27.8 Å². The van der Waals surface area contributed by atoms with Gasteiger partial charge in [0.1, 0.15) is 5.56 Å². The summed E-state index contributed by atoms with van der Waals surface area (Å²) in [6.45, 7) is 2.64. The van der Waals surface area contributed by atoms with Gasteiger partial charge in [-0.25, -0.2) is 0 Å². The summed E-state index contributed by atoms with van der Waals surface area (Å²) in [6, 6.07) is 2.56. The number of amides is 1. The molecule has 0 atom stereocenters. The van der Waals surface area contributed by atoms with E-state index in [9.17, 15) is 14.9 Å². The molecule has 8 nitrogen and oxygen atoms in total. The van der Waals surface area contributed by atoms with E-state index in [0.717, 1.165) is 32.4 Å². The second-order valence-electron chi connectivity index (χ2n) is 6.27. The van der Waals surface area contributed by atoms with E-state index in [1.165, 1.54) is 26.4 Å². The lowest BCUT2D eigenvalue weighted by molar-refractivity contribution is -0.385. The first kappa shape index (κ1) is 19.0. The molecule has 0 unspecified atom stereocenters. The van der Waals surface area contributed by atoms with E-state index in [1.54, 1.807) is 0 Å². The minimum absolute atomic E-state index is 0.0222. The molecular formula is C17H25N3O5. The third-order valence-corrected chi connectivity index (χ3v) is 4.62. The Hall–Kier alpha value is -2.35. The van der Waals surface area contributed by atoms with Gasteiger partial charge in [0.2, 0.25) is 0 Å². The number of nitrogens with one attached hydrogen (secondary N) is 1. The van der Waals surface area contributed by atoms with Crippen LogP contribution in [0.15, 0.2) is 12.1 Å². The van der Waals surface area contributed by atoms with Crippen molar-refractivity contribution < 1.29 is 19.2 Å². The molecule has 0 saturated carbocycles. The molecule has 25 heavy (non-hydrogen) atoms. The topological polar surface area (TPSA) is 93.9 Å². The molecule has 0 aromatic heterocycles. The molecule has 0 bridgehead atoms. The molecule has 1 fully saturated rings. The fourth-order valence-electron chi connectivity index (χ4n) is 3.04. The van der Waals surface area contributed by atoms with Crippen LogP contribution in [0.5, 0.6) is 11.5 Å². The number of benzene rings is 1. The van der Waals surface area contributed by atoms with Crippen molar-refractivity contribution in [2.24, 2.45) is 5.92 Å². The second-order valence-corrected chi connectivity index (χ2v) is 6.27. The number of hydrogen-bond acceptors (Lipinski definition) is 6. The summed E-state index contributed by atoms with van der Waals surface area (Å²) in [5, 5.41) is 14.1. The largest absolute Gasteiger partial charge is 0.493 e. The number of hydrogen-bond donors (Lipinski definition) is 1. The van der Waals surface area contributed by atoms with Crippen molar-refractivity contribution in [1.82, 2.24) is 10.2 Å². The summed E-state index contributed by atoms with van der Waals surface area (Å²) in [5.74, 6) is 0.614. The number of nitro groups is 1. The van der Waals surface area contributed by atoms with Crippen molar-refractivity contribution in [1.29, 1.82) is 0 Å². The van der Waals surface area contributed by atoms with Crippen LogP contribution >= 0.6 is 0 Å². The van der Waals surface area contributed by atoms with Crippen LogP contribution in [0.3, 0.4) is 0 Å². The van der Waals surface area contributed by atoms with Gasteiger partial charge in [-0.2, -0.15) is 0 Å². The minimum Gasteiger partial charge on any atom is -0.493 e. The number of likely N-dealkylation sites (tertiary alicyclic amines) is 1. The molecule has 1 aliphatic rings. The maximum Gasteiger partial charge on any atom is 0.286 e. The maximum atomic E-state index is 12.4. The monoisotopic (exact) mass is 351 g/mol. The molecule has 1 aromatic rings. The fraction of sp³-hybridized carbons (Fsp3) is 0.588. The number of ether oxygens (including phenoxy) is 2. The minimum atomic E-state index is -0.589. The number of carbonyl (C=O) groups excluding carboxylic acids is 1. The van der Waals surface area contributed by atoms with E-state index in [2.05, 4.69) is 17.3 Å². The smallest absolute Gasteiger partial charge is 0.286 e. The van der Waals surface area contributed by atoms with E-state index in [0.29, 0.717) is 12.5 Å². The van der Waals surface area contributed by atoms with E-state index in [4.69, 9.17) is 9.47 Å². The quantitative estimate of drug-likeness (QED) is 0.597. The number of nitrogens with zero attached hydrogens (tertiary/aromatic N) is 2. The van der Waals surface area contributed by atoms with Crippen LogP contribution in [0.4, 0.5) is 5.69 Å². The Bertz CT molecular complexity index is 627. The van der Waals surface area contributed by atoms with Crippen LogP contribution in [0.25, 0.3) is 0 Å². The van der Waals surface area contributed by atoms with Gasteiger partial charge in [0, 0.05) is 12.6 Å². The van der Waals surface area contributed by atoms with Crippen molar-refractivity contribution in [2.45, 2.75) is 19.3 Å². The van der Waals surface area contributed by atoms with Crippen molar-refractivity contribution in [3.8, 4) is 11.5 Å². The fourth-order valence-corrected chi connectivity index (χ4v) is 3.04. The highest BCUT2D eigenvalue weighted by Crippen LogP contribution is 2.34. The highest BCUT2D eigenvalue weighted by molar-refractivity contribution is 5.99. The van der Waals surface area contributed by atoms with Crippen molar-refractivity contribution >= 4 is 11.6 Å². The number of piperidine rings is 1. The van der Waals surface area contributed by atoms with Crippen LogP contribution in [0.2, 0.25) is 0 Å². The predicted molar refractivity (Wildman–Crippen MR) is 93.4 cm³/mol. The number of carbonyl (C=O) groups is 1. The highest BCUT2D eigenvalue weighted by atomic mass is 16.6. The zero-order chi connectivity index (χ0) is 18.4. The van der Waals surface area contributed by atoms with Crippen LogP contribution in [0, 0.1) is 16.0 Å². The van der Waals surface area contributed by atoms with Gasteiger partial charge in [0.15, 0.2) is 11.5 Å². The van der Waals surface area contributed by atoms with Gasteiger partial charge in [-0.3, -0.25) is 14.9 Å². The van der Waals surface area contributed by atoms with Gasteiger partial charge in [0.05, 0.1) is 25.2 Å². The molecule has 1 N–H and O–H groups in total.